The highest BCUT2D eigenvalue weighted by Crippen LogP contribution is 2.34. The van der Waals surface area contributed by atoms with E-state index in [4.69, 9.17) is 14.5 Å². The molecule has 2 aliphatic rings. The fraction of sp³-hybridized carbons (Fsp3) is 0.619. The highest BCUT2D eigenvalue weighted by Gasteiger charge is 2.24. The molecule has 0 radical (unpaired) electrons. The molecule has 0 unspecified atom stereocenters. The number of ether oxygens (including phenoxy) is 2. The number of nitrogens with one attached hydrogen (secondary N) is 1. The zero-order valence-corrected chi connectivity index (χ0v) is 17.5. The number of benzene rings is 1. The molecule has 0 spiro atoms. The first-order valence-electron chi connectivity index (χ1n) is 10.2. The molecule has 1 amide bonds. The summed E-state index contributed by atoms with van der Waals surface area (Å²) < 4.78 is 13.1. The monoisotopic (exact) mass is 403 g/mol. The van der Waals surface area contributed by atoms with Crippen LogP contribution < -0.4 is 15.0 Å². The number of hydrogen-bond donors (Lipinski definition) is 1. The Labute approximate surface area is 170 Å². The quantitative estimate of drug-likeness (QED) is 0.730. The standard InChI is InChI=1S/C21H29N3O3S/c1-14(22-15(2)25)12-26-17-7-9-24(10-8-17)21-23-19-11-18(5-6-20(19)28-21)27-13-16-3-4-16/h5-6,11,14,16-17H,3-4,7-10,12-13H2,1-2H3,(H,22,25)/t14-/m0/s1. The largest absolute Gasteiger partial charge is 0.493 e. The summed E-state index contributed by atoms with van der Waals surface area (Å²) in [7, 11) is 0. The Morgan fingerprint density at radius 3 is 2.82 bits per heavy atom. The van der Waals surface area contributed by atoms with Crippen molar-refractivity contribution in [2.45, 2.75) is 51.7 Å². The third-order valence-corrected chi connectivity index (χ3v) is 6.37. The Balaban J connectivity index is 1.29. The maximum Gasteiger partial charge on any atom is 0.217 e. The Kier molecular flexibility index (Phi) is 6.01. The summed E-state index contributed by atoms with van der Waals surface area (Å²) in [5, 5.41) is 3.94. The van der Waals surface area contributed by atoms with Crippen molar-refractivity contribution in [2.75, 3.05) is 31.2 Å². The number of nitrogens with zero attached hydrogens (tertiary/aromatic N) is 2. The Morgan fingerprint density at radius 1 is 1.32 bits per heavy atom. The van der Waals surface area contributed by atoms with Crippen LogP contribution in [0.25, 0.3) is 10.2 Å². The minimum atomic E-state index is -0.0112. The van der Waals surface area contributed by atoms with Crippen molar-refractivity contribution in [3.05, 3.63) is 18.2 Å². The molecule has 1 saturated heterocycles. The highest BCUT2D eigenvalue weighted by molar-refractivity contribution is 7.22. The summed E-state index contributed by atoms with van der Waals surface area (Å²) in [6, 6.07) is 6.30. The molecule has 2 aromatic rings. The number of carbonyl (C=O) groups excluding carboxylic acids is 1. The molecule has 1 atom stereocenters. The van der Waals surface area contributed by atoms with E-state index in [1.165, 1.54) is 24.5 Å². The smallest absolute Gasteiger partial charge is 0.217 e. The second kappa shape index (κ2) is 8.66. The van der Waals surface area contributed by atoms with Crippen LogP contribution in [-0.2, 0) is 9.53 Å². The van der Waals surface area contributed by atoms with E-state index in [1.807, 2.05) is 6.92 Å². The molecule has 2 fully saturated rings. The maximum absolute atomic E-state index is 11.1. The lowest BCUT2D eigenvalue weighted by atomic mass is 10.1. The number of hydrogen-bond acceptors (Lipinski definition) is 6. The van der Waals surface area contributed by atoms with E-state index >= 15 is 0 Å². The maximum atomic E-state index is 11.1. The van der Waals surface area contributed by atoms with E-state index in [1.54, 1.807) is 11.3 Å². The van der Waals surface area contributed by atoms with Gasteiger partial charge < -0.3 is 19.7 Å². The van der Waals surface area contributed by atoms with Crippen LogP contribution in [0, 0.1) is 5.92 Å². The fourth-order valence-corrected chi connectivity index (χ4v) is 4.50. The molecule has 6 nitrogen and oxygen atoms in total. The zero-order valence-electron chi connectivity index (χ0n) is 16.6. The number of amides is 1. The van der Waals surface area contributed by atoms with Crippen LogP contribution in [0.5, 0.6) is 5.75 Å². The minimum Gasteiger partial charge on any atom is -0.493 e. The third-order valence-electron chi connectivity index (χ3n) is 5.27. The van der Waals surface area contributed by atoms with E-state index in [-0.39, 0.29) is 18.1 Å². The fourth-order valence-electron chi connectivity index (χ4n) is 3.50. The van der Waals surface area contributed by atoms with E-state index in [0.29, 0.717) is 6.61 Å². The number of fused-ring (bicyclic) bond motifs is 1. The number of anilines is 1. The predicted octanol–water partition coefficient (Wildman–Crippen LogP) is 3.60. The lowest BCUT2D eigenvalue weighted by Crippen LogP contribution is -2.40. The third kappa shape index (κ3) is 5.14. The lowest BCUT2D eigenvalue weighted by molar-refractivity contribution is -0.120. The SMILES string of the molecule is CC(=O)N[C@@H](C)COC1CCN(c2nc3cc(OCC4CC4)ccc3s2)CC1. The van der Waals surface area contributed by atoms with Crippen molar-refractivity contribution >= 4 is 32.6 Å². The van der Waals surface area contributed by atoms with Gasteiger partial charge in [0.25, 0.3) is 0 Å². The van der Waals surface area contributed by atoms with Crippen LogP contribution in [-0.4, -0.2) is 49.3 Å². The number of carbonyl (C=O) groups is 1. The topological polar surface area (TPSA) is 63.7 Å². The molecular formula is C21H29N3O3S. The summed E-state index contributed by atoms with van der Waals surface area (Å²) in [4.78, 5) is 18.3. The average Bonchev–Trinajstić information content (AvgIpc) is 3.41. The van der Waals surface area contributed by atoms with Gasteiger partial charge in [0.15, 0.2) is 5.13 Å². The zero-order chi connectivity index (χ0) is 19.5. The average molecular weight is 404 g/mol. The minimum absolute atomic E-state index is 0.0112. The number of aromatic nitrogens is 1. The molecule has 1 aromatic heterocycles. The van der Waals surface area contributed by atoms with Gasteiger partial charge in [-0.3, -0.25) is 4.79 Å². The number of thiazole rings is 1. The van der Waals surface area contributed by atoms with Crippen molar-refractivity contribution in [3.8, 4) is 5.75 Å². The summed E-state index contributed by atoms with van der Waals surface area (Å²) >= 11 is 1.75. The van der Waals surface area contributed by atoms with Gasteiger partial charge in [-0.25, -0.2) is 4.98 Å². The van der Waals surface area contributed by atoms with E-state index in [2.05, 4.69) is 28.4 Å². The van der Waals surface area contributed by atoms with Gasteiger partial charge in [0.1, 0.15) is 5.75 Å². The van der Waals surface area contributed by atoms with Crippen molar-refractivity contribution in [3.63, 3.8) is 0 Å². The molecule has 2 heterocycles. The van der Waals surface area contributed by atoms with Gasteiger partial charge in [0.2, 0.25) is 5.91 Å². The predicted molar refractivity (Wildman–Crippen MR) is 112 cm³/mol. The van der Waals surface area contributed by atoms with Crippen molar-refractivity contribution < 1.29 is 14.3 Å². The Hall–Kier alpha value is -1.86. The second-order valence-electron chi connectivity index (χ2n) is 8.00. The Bertz CT molecular complexity index is 812. The normalized spacial score (nSPS) is 19.0. The van der Waals surface area contributed by atoms with E-state index in [0.717, 1.165) is 54.9 Å². The molecular weight excluding hydrogens is 374 g/mol. The number of rotatable bonds is 8. The molecule has 1 N–H and O–H groups in total. The summed E-state index contributed by atoms with van der Waals surface area (Å²) in [5.41, 5.74) is 1.02. The molecule has 4 rings (SSSR count). The molecule has 0 bridgehead atoms. The van der Waals surface area contributed by atoms with Crippen molar-refractivity contribution in [1.29, 1.82) is 0 Å². The van der Waals surface area contributed by atoms with Gasteiger partial charge in [-0.05, 0) is 50.7 Å². The van der Waals surface area contributed by atoms with Gasteiger partial charge in [-0.15, -0.1) is 0 Å². The first kappa shape index (κ1) is 19.5. The van der Waals surface area contributed by atoms with Crippen LogP contribution in [0.15, 0.2) is 18.2 Å². The van der Waals surface area contributed by atoms with Gasteiger partial charge in [0, 0.05) is 32.1 Å². The van der Waals surface area contributed by atoms with Crippen LogP contribution in [0.1, 0.15) is 39.5 Å². The van der Waals surface area contributed by atoms with Crippen LogP contribution in [0.3, 0.4) is 0 Å². The molecule has 152 valence electrons. The van der Waals surface area contributed by atoms with Gasteiger partial charge >= 0.3 is 0 Å². The van der Waals surface area contributed by atoms with E-state index in [9.17, 15) is 4.79 Å². The number of piperidine rings is 1. The van der Waals surface area contributed by atoms with Crippen LogP contribution in [0.4, 0.5) is 5.13 Å². The Morgan fingerprint density at radius 2 is 2.11 bits per heavy atom. The molecule has 1 aromatic carbocycles. The highest BCUT2D eigenvalue weighted by atomic mass is 32.1. The van der Waals surface area contributed by atoms with Gasteiger partial charge in [-0.1, -0.05) is 11.3 Å². The second-order valence-corrected chi connectivity index (χ2v) is 9.01. The molecule has 1 saturated carbocycles. The lowest BCUT2D eigenvalue weighted by Gasteiger charge is -2.32. The molecule has 7 heteroatoms. The van der Waals surface area contributed by atoms with E-state index < -0.39 is 0 Å². The van der Waals surface area contributed by atoms with Crippen molar-refractivity contribution in [2.24, 2.45) is 5.92 Å². The van der Waals surface area contributed by atoms with Crippen LogP contribution in [0.2, 0.25) is 0 Å². The molecule has 1 aliphatic heterocycles. The molecule has 28 heavy (non-hydrogen) atoms. The summed E-state index contributed by atoms with van der Waals surface area (Å²) in [5.74, 6) is 1.67. The summed E-state index contributed by atoms with van der Waals surface area (Å²) in [6.45, 7) is 6.80. The van der Waals surface area contributed by atoms with Crippen molar-refractivity contribution in [1.82, 2.24) is 10.3 Å². The summed E-state index contributed by atoms with van der Waals surface area (Å²) in [6.07, 6.45) is 4.82. The molecule has 1 aliphatic carbocycles. The van der Waals surface area contributed by atoms with Crippen LogP contribution >= 0.6 is 11.3 Å². The van der Waals surface area contributed by atoms with Gasteiger partial charge in [0.05, 0.1) is 29.5 Å². The van der Waals surface area contributed by atoms with Gasteiger partial charge in [-0.2, -0.15) is 0 Å². The first-order valence-corrected chi connectivity index (χ1v) is 11.1. The first-order chi connectivity index (χ1) is 13.6.